The van der Waals surface area contributed by atoms with Gasteiger partial charge in [0.25, 0.3) is 0 Å². The van der Waals surface area contributed by atoms with E-state index in [1.54, 1.807) is 36.2 Å². The smallest absolute Gasteiger partial charge is 0.341 e. The molecule has 0 amide bonds. The van der Waals surface area contributed by atoms with Crippen molar-refractivity contribution in [2.75, 3.05) is 26.9 Å². The zero-order chi connectivity index (χ0) is 23.0. The second kappa shape index (κ2) is 10.4. The van der Waals surface area contributed by atoms with Gasteiger partial charge in [0.1, 0.15) is 39.7 Å². The second-order valence-corrected chi connectivity index (χ2v) is 7.02. The Kier molecular flexibility index (Phi) is 6.89. The molecule has 0 aliphatic carbocycles. The van der Waals surface area contributed by atoms with Crippen LogP contribution in [0.4, 0.5) is 0 Å². The largest absolute Gasteiger partial charge is 0.497 e. The zero-order valence-electron chi connectivity index (χ0n) is 18.0. The monoisotopic (exact) mass is 449 g/mol. The molecule has 3 aromatic carbocycles. The van der Waals surface area contributed by atoms with Gasteiger partial charge in [0.05, 0.1) is 20.3 Å². The van der Waals surface area contributed by atoms with Gasteiger partial charge in [0.15, 0.2) is 6.61 Å². The molecule has 4 aromatic rings. The third kappa shape index (κ3) is 5.70. The van der Waals surface area contributed by atoms with E-state index in [4.69, 9.17) is 24.1 Å². The highest BCUT2D eigenvalue weighted by Gasteiger charge is 2.12. The van der Waals surface area contributed by atoms with Crippen LogP contribution >= 0.6 is 0 Å². The van der Waals surface area contributed by atoms with Gasteiger partial charge in [0.2, 0.25) is 0 Å². The summed E-state index contributed by atoms with van der Waals surface area (Å²) in [7, 11) is 1.61. The van der Waals surface area contributed by atoms with Crippen LogP contribution in [-0.2, 0) is 4.79 Å². The molecule has 9 heteroatoms. The fraction of sp³-hybridized carbons (Fsp3) is 0.208. The average Bonchev–Trinajstić information content (AvgIpc) is 3.27. The van der Waals surface area contributed by atoms with Crippen molar-refractivity contribution in [2.45, 2.75) is 6.42 Å². The van der Waals surface area contributed by atoms with Gasteiger partial charge in [-0.2, -0.15) is 0 Å². The quantitative estimate of drug-likeness (QED) is 0.345. The van der Waals surface area contributed by atoms with Gasteiger partial charge in [-0.15, -0.1) is 15.0 Å². The highest BCUT2D eigenvalue weighted by molar-refractivity contribution is 5.73. The minimum absolute atomic E-state index is 0.380. The predicted molar refractivity (Wildman–Crippen MR) is 121 cm³/mol. The Balaban J connectivity index is 1.33. The molecule has 33 heavy (non-hydrogen) atoms. The first-order chi connectivity index (χ1) is 16.1. The number of ether oxygens (including phenoxy) is 4. The Bertz CT molecular complexity index is 1190. The first-order valence-corrected chi connectivity index (χ1v) is 10.3. The molecule has 9 nitrogen and oxygen atoms in total. The number of aromatic nitrogens is 3. The first-order valence-electron chi connectivity index (χ1n) is 10.3. The number of hydrogen-bond donors (Lipinski definition) is 1. The summed E-state index contributed by atoms with van der Waals surface area (Å²) in [5.74, 6) is 1.43. The lowest BCUT2D eigenvalue weighted by atomic mass is 10.3. The number of benzene rings is 3. The number of carbonyl (C=O) groups is 1. The van der Waals surface area contributed by atoms with Crippen LogP contribution in [0, 0.1) is 0 Å². The van der Waals surface area contributed by atoms with Gasteiger partial charge >= 0.3 is 5.97 Å². The maximum Gasteiger partial charge on any atom is 0.341 e. The van der Waals surface area contributed by atoms with E-state index in [-0.39, 0.29) is 6.61 Å². The molecule has 0 aliphatic heterocycles. The lowest BCUT2D eigenvalue weighted by molar-refractivity contribution is -0.139. The van der Waals surface area contributed by atoms with Crippen LogP contribution in [0.15, 0.2) is 66.7 Å². The van der Waals surface area contributed by atoms with Gasteiger partial charge in [-0.05, 0) is 48.5 Å². The van der Waals surface area contributed by atoms with Crippen LogP contribution in [-0.4, -0.2) is 53.0 Å². The summed E-state index contributed by atoms with van der Waals surface area (Å²) < 4.78 is 22.2. The topological polar surface area (TPSA) is 105 Å². The van der Waals surface area contributed by atoms with Crippen molar-refractivity contribution in [2.24, 2.45) is 0 Å². The number of aliphatic carboxylic acids is 1. The van der Waals surface area contributed by atoms with Gasteiger partial charge < -0.3 is 24.1 Å². The second-order valence-electron chi connectivity index (χ2n) is 7.02. The van der Waals surface area contributed by atoms with E-state index in [2.05, 4.69) is 10.2 Å². The minimum atomic E-state index is -1.02. The summed E-state index contributed by atoms with van der Waals surface area (Å²) in [6.07, 6.45) is 0.650. The third-order valence-corrected chi connectivity index (χ3v) is 4.67. The number of fused-ring (bicyclic) bond motifs is 1. The molecular weight excluding hydrogens is 426 g/mol. The Morgan fingerprint density at radius 1 is 0.848 bits per heavy atom. The van der Waals surface area contributed by atoms with E-state index in [1.807, 2.05) is 42.5 Å². The summed E-state index contributed by atoms with van der Waals surface area (Å²) in [4.78, 5) is 12.1. The van der Waals surface area contributed by atoms with Crippen molar-refractivity contribution in [3.8, 4) is 28.7 Å². The van der Waals surface area contributed by atoms with Crippen molar-refractivity contribution < 1.29 is 28.8 Å². The highest BCUT2D eigenvalue weighted by Crippen LogP contribution is 2.28. The van der Waals surface area contributed by atoms with E-state index >= 15 is 0 Å². The van der Waals surface area contributed by atoms with E-state index in [1.165, 1.54) is 0 Å². The van der Waals surface area contributed by atoms with E-state index < -0.39 is 5.97 Å². The summed E-state index contributed by atoms with van der Waals surface area (Å²) in [6.45, 7) is 0.500. The van der Waals surface area contributed by atoms with Crippen molar-refractivity contribution in [3.05, 3.63) is 66.7 Å². The molecule has 0 aliphatic rings. The number of methoxy groups -OCH3 is 1. The molecule has 0 saturated heterocycles. The van der Waals surface area contributed by atoms with E-state index in [9.17, 15) is 4.79 Å². The molecular formula is C24H23N3O6. The van der Waals surface area contributed by atoms with E-state index in [0.29, 0.717) is 48.3 Å². The number of carboxylic acid groups (broad SMARTS) is 1. The van der Waals surface area contributed by atoms with Crippen LogP contribution in [0.2, 0.25) is 0 Å². The fourth-order valence-corrected chi connectivity index (χ4v) is 3.08. The SMILES string of the molecule is COc1ccc(OCCCOc2ccc(OCC(=O)O)cc2)c(-n2nc3ccccc3n2)c1. The summed E-state index contributed by atoms with van der Waals surface area (Å²) >= 11 is 0. The molecule has 1 N–H and O–H groups in total. The predicted octanol–water partition coefficient (Wildman–Crippen LogP) is 3.74. The number of carboxylic acids is 1. The minimum Gasteiger partial charge on any atom is -0.497 e. The molecule has 0 fully saturated rings. The molecule has 0 radical (unpaired) electrons. The lowest BCUT2D eigenvalue weighted by Crippen LogP contribution is -2.09. The zero-order valence-corrected chi connectivity index (χ0v) is 18.0. The molecule has 4 rings (SSSR count). The molecule has 0 atom stereocenters. The molecule has 0 spiro atoms. The molecule has 1 aromatic heterocycles. The Morgan fingerprint density at radius 2 is 1.45 bits per heavy atom. The Hall–Kier alpha value is -4.27. The molecule has 0 unspecified atom stereocenters. The molecule has 0 bridgehead atoms. The van der Waals surface area contributed by atoms with Crippen LogP contribution in [0.5, 0.6) is 23.0 Å². The molecule has 0 saturated carbocycles. The van der Waals surface area contributed by atoms with Crippen LogP contribution < -0.4 is 18.9 Å². The highest BCUT2D eigenvalue weighted by atomic mass is 16.5. The summed E-state index contributed by atoms with van der Waals surface area (Å²) in [5, 5.41) is 17.7. The van der Waals surface area contributed by atoms with Gasteiger partial charge in [-0.25, -0.2) is 4.79 Å². The normalized spacial score (nSPS) is 10.7. The van der Waals surface area contributed by atoms with Crippen LogP contribution in [0.3, 0.4) is 0 Å². The third-order valence-electron chi connectivity index (χ3n) is 4.67. The van der Waals surface area contributed by atoms with Gasteiger partial charge in [0, 0.05) is 12.5 Å². The summed E-state index contributed by atoms with van der Waals surface area (Å²) in [6, 6.07) is 19.9. The Morgan fingerprint density at radius 3 is 2.09 bits per heavy atom. The summed E-state index contributed by atoms with van der Waals surface area (Å²) in [5.41, 5.74) is 2.27. The van der Waals surface area contributed by atoms with Crippen molar-refractivity contribution in [1.82, 2.24) is 15.0 Å². The van der Waals surface area contributed by atoms with Crippen LogP contribution in [0.25, 0.3) is 16.7 Å². The maximum absolute atomic E-state index is 10.5. The van der Waals surface area contributed by atoms with Gasteiger partial charge in [-0.3, -0.25) is 0 Å². The first kappa shape index (κ1) is 21.9. The van der Waals surface area contributed by atoms with Crippen molar-refractivity contribution >= 4 is 17.0 Å². The van der Waals surface area contributed by atoms with Gasteiger partial charge in [-0.1, -0.05) is 12.1 Å². The molecule has 170 valence electrons. The standard InChI is InChI=1S/C24H23N3O6/c1-30-19-11-12-23(22(15-19)27-25-20-5-2-3-6-21(20)26-27)32-14-4-13-31-17-7-9-18(10-8-17)33-16-24(28)29/h2-3,5-12,15H,4,13-14,16H2,1H3,(H,28,29). The number of rotatable bonds is 11. The maximum atomic E-state index is 10.5. The number of hydrogen-bond acceptors (Lipinski definition) is 7. The van der Waals surface area contributed by atoms with E-state index in [0.717, 1.165) is 11.0 Å². The number of nitrogens with zero attached hydrogens (tertiary/aromatic N) is 3. The Labute approximate surface area is 190 Å². The van der Waals surface area contributed by atoms with Crippen molar-refractivity contribution in [3.63, 3.8) is 0 Å². The molecule has 1 heterocycles. The fourth-order valence-electron chi connectivity index (χ4n) is 3.08. The van der Waals surface area contributed by atoms with Crippen LogP contribution in [0.1, 0.15) is 6.42 Å². The van der Waals surface area contributed by atoms with Crippen molar-refractivity contribution in [1.29, 1.82) is 0 Å². The average molecular weight is 449 g/mol. The lowest BCUT2D eigenvalue weighted by Gasteiger charge is -2.12.